The number of rotatable bonds is 3. The van der Waals surface area contributed by atoms with Crippen molar-refractivity contribution >= 4 is 17.6 Å². The van der Waals surface area contributed by atoms with Gasteiger partial charge in [0.1, 0.15) is 6.10 Å². The summed E-state index contributed by atoms with van der Waals surface area (Å²) in [5, 5.41) is 8.56. The van der Waals surface area contributed by atoms with E-state index in [0.29, 0.717) is 13.2 Å². The molecule has 1 N–H and O–H groups in total. The fraction of sp³-hybridized carbons (Fsp3) is 0.375. The average Bonchev–Trinajstić information content (AvgIpc) is 2.10. The van der Waals surface area contributed by atoms with Crippen molar-refractivity contribution in [3.05, 3.63) is 17.0 Å². The lowest BCUT2D eigenvalue weighted by Gasteiger charge is -2.26. The van der Waals surface area contributed by atoms with Crippen LogP contribution < -0.4 is 4.74 Å². The Morgan fingerprint density at radius 2 is 2.33 bits per heavy atom. The van der Waals surface area contributed by atoms with E-state index in [1.807, 2.05) is 0 Å². The Morgan fingerprint density at radius 3 is 2.87 bits per heavy atom. The first-order chi connectivity index (χ1) is 7.15. The third-order valence-corrected chi connectivity index (χ3v) is 1.96. The summed E-state index contributed by atoms with van der Waals surface area (Å²) in [6.07, 6.45) is -0.0855. The van der Waals surface area contributed by atoms with Crippen LogP contribution in [-0.4, -0.2) is 40.4 Å². The first-order valence-electron chi connectivity index (χ1n) is 4.17. The molecule has 15 heavy (non-hydrogen) atoms. The summed E-state index contributed by atoms with van der Waals surface area (Å²) in [7, 11) is 0. The molecule has 7 heteroatoms. The lowest BCUT2D eigenvalue weighted by atomic mass is 10.3. The number of hydrogen-bond acceptors (Lipinski definition) is 5. The molecule has 0 aliphatic carbocycles. The third-order valence-electron chi connectivity index (χ3n) is 1.79. The lowest BCUT2D eigenvalue weighted by Crippen LogP contribution is -2.38. The normalized spacial score (nSPS) is 15.8. The number of aromatic nitrogens is 2. The number of hydrogen-bond donors (Lipinski definition) is 1. The first kappa shape index (κ1) is 10.1. The molecule has 0 unspecified atom stereocenters. The van der Waals surface area contributed by atoms with Crippen LogP contribution in [0.3, 0.4) is 0 Å². The summed E-state index contributed by atoms with van der Waals surface area (Å²) < 4.78 is 10.2. The first-order valence-corrected chi connectivity index (χ1v) is 4.55. The smallest absolute Gasteiger partial charge is 0.354 e. The van der Waals surface area contributed by atoms with Crippen LogP contribution in [0.5, 0.6) is 5.88 Å². The predicted octanol–water partition coefficient (Wildman–Crippen LogP) is 0.606. The van der Waals surface area contributed by atoms with Gasteiger partial charge in [0.25, 0.3) is 0 Å². The van der Waals surface area contributed by atoms with E-state index in [1.54, 1.807) is 0 Å². The third kappa shape index (κ3) is 2.34. The number of carboxylic acids is 1. The minimum Gasteiger partial charge on any atom is -0.477 e. The van der Waals surface area contributed by atoms with E-state index in [0.717, 1.165) is 0 Å². The van der Waals surface area contributed by atoms with Gasteiger partial charge in [-0.1, -0.05) is 0 Å². The molecule has 2 heterocycles. The van der Waals surface area contributed by atoms with Gasteiger partial charge in [-0.3, -0.25) is 0 Å². The van der Waals surface area contributed by atoms with Crippen LogP contribution in [0.25, 0.3) is 0 Å². The number of carbonyl (C=O) groups is 1. The topological polar surface area (TPSA) is 81.5 Å². The minimum atomic E-state index is -1.17. The Hall–Kier alpha value is -1.40. The standard InChI is InChI=1S/C8H7ClN2O4/c9-8-10-5(7(12)13)1-6(11-8)15-4-2-14-3-4/h1,4H,2-3H2,(H,12,13). The fourth-order valence-corrected chi connectivity index (χ4v) is 1.19. The Kier molecular flexibility index (Phi) is 2.70. The number of carboxylic acid groups (broad SMARTS) is 1. The molecule has 0 radical (unpaired) electrons. The molecule has 1 aliphatic heterocycles. The highest BCUT2D eigenvalue weighted by Gasteiger charge is 2.21. The SMILES string of the molecule is O=C(O)c1cc(OC2COC2)nc(Cl)n1. The van der Waals surface area contributed by atoms with Gasteiger partial charge in [-0.15, -0.1) is 0 Å². The van der Waals surface area contributed by atoms with E-state index in [2.05, 4.69) is 9.97 Å². The van der Waals surface area contributed by atoms with Gasteiger partial charge >= 0.3 is 5.97 Å². The van der Waals surface area contributed by atoms with Crippen LogP contribution in [0.1, 0.15) is 10.5 Å². The molecule has 1 aromatic heterocycles. The van der Waals surface area contributed by atoms with Crippen molar-refractivity contribution in [2.24, 2.45) is 0 Å². The monoisotopic (exact) mass is 230 g/mol. The number of ether oxygens (including phenoxy) is 2. The van der Waals surface area contributed by atoms with Gasteiger partial charge in [0, 0.05) is 6.07 Å². The van der Waals surface area contributed by atoms with Gasteiger partial charge < -0.3 is 14.6 Å². The molecule has 1 saturated heterocycles. The summed E-state index contributed by atoms with van der Waals surface area (Å²) in [6.45, 7) is 0.952. The van der Waals surface area contributed by atoms with E-state index in [9.17, 15) is 4.79 Å². The minimum absolute atomic E-state index is 0.0855. The molecule has 0 amide bonds. The van der Waals surface area contributed by atoms with Crippen molar-refractivity contribution in [2.75, 3.05) is 13.2 Å². The maximum atomic E-state index is 10.6. The molecule has 0 aromatic carbocycles. The molecule has 80 valence electrons. The molecular weight excluding hydrogens is 224 g/mol. The van der Waals surface area contributed by atoms with Crippen LogP contribution in [0.15, 0.2) is 6.07 Å². The molecule has 1 fully saturated rings. The summed E-state index contributed by atoms with van der Waals surface area (Å²) in [4.78, 5) is 17.9. The maximum Gasteiger partial charge on any atom is 0.354 e. The Bertz CT molecular complexity index is 394. The molecule has 0 atom stereocenters. The average molecular weight is 231 g/mol. The second kappa shape index (κ2) is 4.00. The summed E-state index contributed by atoms with van der Waals surface area (Å²) in [5.74, 6) is -1.02. The van der Waals surface area contributed by atoms with Gasteiger partial charge in [-0.05, 0) is 11.6 Å². The van der Waals surface area contributed by atoms with Gasteiger partial charge in [0.15, 0.2) is 5.69 Å². The summed E-state index contributed by atoms with van der Waals surface area (Å²) in [5.41, 5.74) is -0.190. The van der Waals surface area contributed by atoms with Crippen molar-refractivity contribution in [3.8, 4) is 5.88 Å². The highest BCUT2D eigenvalue weighted by Crippen LogP contribution is 2.16. The highest BCUT2D eigenvalue weighted by atomic mass is 35.5. The molecule has 1 aromatic rings. The zero-order valence-corrected chi connectivity index (χ0v) is 8.27. The molecule has 0 spiro atoms. The number of aromatic carboxylic acids is 1. The Morgan fingerprint density at radius 1 is 1.60 bits per heavy atom. The van der Waals surface area contributed by atoms with Crippen LogP contribution >= 0.6 is 11.6 Å². The lowest BCUT2D eigenvalue weighted by molar-refractivity contribution is -0.0814. The van der Waals surface area contributed by atoms with Crippen molar-refractivity contribution in [1.29, 1.82) is 0 Å². The van der Waals surface area contributed by atoms with E-state index in [1.165, 1.54) is 6.07 Å². The fourth-order valence-electron chi connectivity index (χ4n) is 1.02. The van der Waals surface area contributed by atoms with Crippen LogP contribution in [0.4, 0.5) is 0 Å². The van der Waals surface area contributed by atoms with Crippen molar-refractivity contribution in [1.82, 2.24) is 9.97 Å². The zero-order chi connectivity index (χ0) is 10.8. The molecule has 0 bridgehead atoms. The van der Waals surface area contributed by atoms with Crippen molar-refractivity contribution < 1.29 is 19.4 Å². The van der Waals surface area contributed by atoms with Crippen LogP contribution in [0.2, 0.25) is 5.28 Å². The Balaban J connectivity index is 2.18. The summed E-state index contributed by atoms with van der Waals surface area (Å²) >= 11 is 5.54. The van der Waals surface area contributed by atoms with Gasteiger partial charge in [0.2, 0.25) is 11.2 Å². The van der Waals surface area contributed by atoms with Gasteiger partial charge in [0.05, 0.1) is 13.2 Å². The Labute approximate surface area is 89.8 Å². The second-order valence-electron chi connectivity index (χ2n) is 2.94. The molecule has 0 saturated carbocycles. The number of halogens is 1. The zero-order valence-electron chi connectivity index (χ0n) is 7.51. The van der Waals surface area contributed by atoms with Gasteiger partial charge in [-0.25, -0.2) is 9.78 Å². The maximum absolute atomic E-state index is 10.6. The molecule has 6 nitrogen and oxygen atoms in total. The van der Waals surface area contributed by atoms with Crippen LogP contribution in [0, 0.1) is 0 Å². The summed E-state index contributed by atoms with van der Waals surface area (Å²) in [6, 6.07) is 1.23. The van der Waals surface area contributed by atoms with E-state index >= 15 is 0 Å². The second-order valence-corrected chi connectivity index (χ2v) is 3.28. The predicted molar refractivity (Wildman–Crippen MR) is 49.2 cm³/mol. The molecule has 2 rings (SSSR count). The van der Waals surface area contributed by atoms with Crippen molar-refractivity contribution in [3.63, 3.8) is 0 Å². The quantitative estimate of drug-likeness (QED) is 0.766. The van der Waals surface area contributed by atoms with Gasteiger partial charge in [-0.2, -0.15) is 4.98 Å². The van der Waals surface area contributed by atoms with E-state index in [-0.39, 0.29) is 23.0 Å². The highest BCUT2D eigenvalue weighted by molar-refractivity contribution is 6.28. The van der Waals surface area contributed by atoms with Crippen molar-refractivity contribution in [2.45, 2.75) is 6.10 Å². The molecule has 1 aliphatic rings. The van der Waals surface area contributed by atoms with E-state index < -0.39 is 5.97 Å². The van der Waals surface area contributed by atoms with E-state index in [4.69, 9.17) is 26.2 Å². The largest absolute Gasteiger partial charge is 0.477 e. The molecular formula is C8H7ClN2O4. The number of nitrogens with zero attached hydrogens (tertiary/aromatic N) is 2. The van der Waals surface area contributed by atoms with Crippen LogP contribution in [-0.2, 0) is 4.74 Å².